The van der Waals surface area contributed by atoms with Gasteiger partial charge in [-0.05, 0) is 36.4 Å². The molecule has 1 aliphatic heterocycles. The van der Waals surface area contributed by atoms with Crippen LogP contribution in [-0.4, -0.2) is 26.0 Å². The van der Waals surface area contributed by atoms with Crippen molar-refractivity contribution in [1.29, 1.82) is 0 Å². The number of nitrogens with one attached hydrogen (secondary N) is 1. The molecule has 3 aromatic rings. The van der Waals surface area contributed by atoms with Gasteiger partial charge in [0.1, 0.15) is 0 Å². The smallest absolute Gasteiger partial charge is 0.397 e. The van der Waals surface area contributed by atoms with Crippen LogP contribution >= 0.6 is 11.6 Å². The summed E-state index contributed by atoms with van der Waals surface area (Å²) in [5.41, 5.74) is 7.15. The molecule has 31 heavy (non-hydrogen) atoms. The molecule has 3 N–H and O–H groups in total. The first kappa shape index (κ1) is 21.1. The molecule has 0 fully saturated rings. The van der Waals surface area contributed by atoms with Gasteiger partial charge in [0.05, 0.1) is 33.0 Å². The third-order valence-electron chi connectivity index (χ3n) is 4.58. The molecule has 1 aromatic heterocycles. The molecule has 0 saturated heterocycles. The maximum atomic E-state index is 13.7. The van der Waals surface area contributed by atoms with Crippen LogP contribution in [0.5, 0.6) is 11.5 Å². The van der Waals surface area contributed by atoms with Gasteiger partial charge in [-0.15, -0.1) is 8.78 Å². The second kappa shape index (κ2) is 7.54. The van der Waals surface area contributed by atoms with Crippen LogP contribution in [0, 0.1) is 0 Å². The van der Waals surface area contributed by atoms with E-state index in [2.05, 4.69) is 15.0 Å². The lowest BCUT2D eigenvalue weighted by Crippen LogP contribution is -2.26. The molecular formula is C20H16ClF2N3O4S. The maximum absolute atomic E-state index is 13.7. The summed E-state index contributed by atoms with van der Waals surface area (Å²) in [5.74, 6) is -0.306. The van der Waals surface area contributed by atoms with E-state index in [-0.39, 0.29) is 32.7 Å². The Bertz CT molecular complexity index is 1270. The molecule has 1 atom stereocenters. The Kier molecular flexibility index (Phi) is 5.14. The zero-order valence-corrected chi connectivity index (χ0v) is 17.5. The first-order valence-electron chi connectivity index (χ1n) is 8.90. The molecular weight excluding hydrogens is 452 g/mol. The summed E-state index contributed by atoms with van der Waals surface area (Å²) in [6.07, 6.45) is -1.25. The van der Waals surface area contributed by atoms with Gasteiger partial charge in [0, 0.05) is 18.0 Å². The highest BCUT2D eigenvalue weighted by molar-refractivity contribution is 7.90. The number of anilines is 2. The Morgan fingerprint density at radius 3 is 2.61 bits per heavy atom. The Labute approximate surface area is 181 Å². The van der Waals surface area contributed by atoms with Crippen LogP contribution in [0.1, 0.15) is 17.3 Å². The van der Waals surface area contributed by atoms with Gasteiger partial charge in [-0.25, -0.2) is 8.42 Å². The highest BCUT2D eigenvalue weighted by atomic mass is 35.5. The number of hydrogen-bond donors (Lipinski definition) is 2. The predicted octanol–water partition coefficient (Wildman–Crippen LogP) is 4.24. The lowest BCUT2D eigenvalue weighted by molar-refractivity contribution is -0.287. The van der Waals surface area contributed by atoms with Crippen LogP contribution in [0.25, 0.3) is 0 Å². The zero-order chi connectivity index (χ0) is 22.4. The number of halogens is 3. The predicted molar refractivity (Wildman–Crippen MR) is 111 cm³/mol. The highest BCUT2D eigenvalue weighted by Crippen LogP contribution is 2.47. The minimum absolute atomic E-state index is 0.0416. The van der Waals surface area contributed by atoms with Gasteiger partial charge >= 0.3 is 6.29 Å². The van der Waals surface area contributed by atoms with Crippen molar-refractivity contribution in [3.8, 4) is 11.5 Å². The number of pyridine rings is 1. The molecule has 0 spiro atoms. The molecule has 0 bridgehead atoms. The van der Waals surface area contributed by atoms with Crippen molar-refractivity contribution in [3.05, 3.63) is 71.0 Å². The first-order chi connectivity index (χ1) is 14.5. The second-order valence-corrected chi connectivity index (χ2v) is 9.23. The molecule has 2 aromatic carbocycles. The number of benzene rings is 2. The Hall–Kier alpha value is -3.11. The summed E-state index contributed by atoms with van der Waals surface area (Å²) in [5, 5.41) is 3.38. The molecule has 2 heterocycles. The van der Waals surface area contributed by atoms with Crippen LogP contribution in [0.4, 0.5) is 20.2 Å². The Morgan fingerprint density at radius 1 is 1.16 bits per heavy atom. The minimum atomic E-state index is -3.81. The average molecular weight is 468 g/mol. The van der Waals surface area contributed by atoms with E-state index in [1.807, 2.05) is 0 Å². The summed E-state index contributed by atoms with van der Waals surface area (Å²) in [6, 6.07) is 11.0. The van der Waals surface area contributed by atoms with Crippen LogP contribution in [0.2, 0.25) is 5.02 Å². The fourth-order valence-corrected chi connectivity index (χ4v) is 4.07. The standard InChI is InChI=1S/C20H16ClF2N3O4S/c1-31(27,28)11-7-8-15(14(24)10-11)26-17(18-13(21)5-3-9-25-18)12-4-2-6-16-19(12)30-20(22,23)29-16/h2-10,17,26H,24H2,1H3/t17-/m0/s1. The van der Waals surface area contributed by atoms with Crippen molar-refractivity contribution in [2.75, 3.05) is 17.3 Å². The number of fused-ring (bicyclic) bond motifs is 1. The van der Waals surface area contributed by atoms with Crippen molar-refractivity contribution < 1.29 is 26.7 Å². The van der Waals surface area contributed by atoms with Crippen LogP contribution in [-0.2, 0) is 9.84 Å². The van der Waals surface area contributed by atoms with E-state index < -0.39 is 22.2 Å². The topological polar surface area (TPSA) is 104 Å². The van der Waals surface area contributed by atoms with E-state index in [0.717, 1.165) is 6.26 Å². The molecule has 11 heteroatoms. The quantitative estimate of drug-likeness (QED) is 0.541. The number of hydrogen-bond acceptors (Lipinski definition) is 7. The number of nitrogens with zero attached hydrogens (tertiary/aromatic N) is 1. The highest BCUT2D eigenvalue weighted by Gasteiger charge is 2.45. The summed E-state index contributed by atoms with van der Waals surface area (Å²) >= 11 is 6.33. The SMILES string of the molecule is CS(=O)(=O)c1ccc(N[C@@H](c2cccc3c2OC(F)(F)O3)c2ncccc2Cl)c(N)c1. The van der Waals surface area contributed by atoms with Crippen LogP contribution < -0.4 is 20.5 Å². The fourth-order valence-electron chi connectivity index (χ4n) is 3.18. The molecule has 0 unspecified atom stereocenters. The largest absolute Gasteiger partial charge is 0.586 e. The van der Waals surface area contributed by atoms with Gasteiger partial charge < -0.3 is 20.5 Å². The molecule has 0 radical (unpaired) electrons. The van der Waals surface area contributed by atoms with E-state index in [0.29, 0.717) is 11.4 Å². The number of alkyl halides is 2. The van der Waals surface area contributed by atoms with Crippen molar-refractivity contribution in [1.82, 2.24) is 4.98 Å². The molecule has 7 nitrogen and oxygen atoms in total. The first-order valence-corrected chi connectivity index (χ1v) is 11.2. The summed E-state index contributed by atoms with van der Waals surface area (Å²) in [4.78, 5) is 4.33. The third-order valence-corrected chi connectivity index (χ3v) is 6.01. The van der Waals surface area contributed by atoms with E-state index in [4.69, 9.17) is 22.1 Å². The van der Waals surface area contributed by atoms with E-state index in [1.54, 1.807) is 18.2 Å². The van der Waals surface area contributed by atoms with Gasteiger partial charge in [-0.2, -0.15) is 0 Å². The van der Waals surface area contributed by atoms with Gasteiger partial charge in [-0.1, -0.05) is 23.7 Å². The number of ether oxygens (including phenoxy) is 2. The molecule has 0 aliphatic carbocycles. The van der Waals surface area contributed by atoms with Crippen LogP contribution in [0.3, 0.4) is 0 Å². The minimum Gasteiger partial charge on any atom is -0.397 e. The van der Waals surface area contributed by atoms with E-state index >= 15 is 0 Å². The number of aromatic nitrogens is 1. The van der Waals surface area contributed by atoms with Gasteiger partial charge in [0.15, 0.2) is 21.3 Å². The molecule has 0 saturated carbocycles. The lowest BCUT2D eigenvalue weighted by atomic mass is 10.0. The Morgan fingerprint density at radius 2 is 1.94 bits per heavy atom. The average Bonchev–Trinajstić information content (AvgIpc) is 3.01. The number of nitrogens with two attached hydrogens (primary N) is 1. The molecule has 0 amide bonds. The van der Waals surface area contributed by atoms with Crippen molar-refractivity contribution in [2.24, 2.45) is 0 Å². The normalized spacial score (nSPS) is 15.5. The summed E-state index contributed by atoms with van der Waals surface area (Å²) in [7, 11) is -3.46. The second-order valence-electron chi connectivity index (χ2n) is 6.81. The van der Waals surface area contributed by atoms with Crippen LogP contribution in [0.15, 0.2) is 59.6 Å². The summed E-state index contributed by atoms with van der Waals surface area (Å²) in [6.45, 7) is 0. The third kappa shape index (κ3) is 4.21. The van der Waals surface area contributed by atoms with Crippen molar-refractivity contribution in [2.45, 2.75) is 17.2 Å². The van der Waals surface area contributed by atoms with Crippen molar-refractivity contribution >= 4 is 32.8 Å². The van der Waals surface area contributed by atoms with E-state index in [9.17, 15) is 17.2 Å². The number of nitrogen functional groups attached to an aromatic ring is 1. The molecule has 1 aliphatic rings. The van der Waals surface area contributed by atoms with Gasteiger partial charge in [-0.3, -0.25) is 4.98 Å². The van der Waals surface area contributed by atoms with E-state index in [1.165, 1.54) is 36.5 Å². The monoisotopic (exact) mass is 467 g/mol. The van der Waals surface area contributed by atoms with Gasteiger partial charge in [0.2, 0.25) is 0 Å². The fraction of sp³-hybridized carbons (Fsp3) is 0.150. The summed E-state index contributed by atoms with van der Waals surface area (Å²) < 4.78 is 60.3. The number of para-hydroxylation sites is 1. The lowest BCUT2D eigenvalue weighted by Gasteiger charge is -2.23. The van der Waals surface area contributed by atoms with Gasteiger partial charge in [0.25, 0.3) is 0 Å². The Balaban J connectivity index is 1.82. The maximum Gasteiger partial charge on any atom is 0.586 e. The molecule has 162 valence electrons. The molecule has 4 rings (SSSR count). The number of sulfone groups is 1. The number of rotatable bonds is 5. The van der Waals surface area contributed by atoms with Crippen molar-refractivity contribution in [3.63, 3.8) is 0 Å². The zero-order valence-electron chi connectivity index (χ0n) is 16.0.